The molecule has 1 aromatic heterocycles. The molecule has 56 heavy (non-hydrogen) atoms. The van der Waals surface area contributed by atoms with Gasteiger partial charge in [0.2, 0.25) is 0 Å². The van der Waals surface area contributed by atoms with Crippen molar-refractivity contribution in [2.45, 2.75) is 5.41 Å². The Labute approximate surface area is 326 Å². The van der Waals surface area contributed by atoms with Gasteiger partial charge in [-0.15, -0.1) is 0 Å². The summed E-state index contributed by atoms with van der Waals surface area (Å²) in [7, 11) is 0. The SMILES string of the molecule is c1ccc(-c2cc(-c3ccccc3)nc(-c3cccc(-c4ccc5c(c4)-c4ccccc4C54c5ccccc5N(c5ccccc5)c5ccccc54)c3)n2)cc1. The van der Waals surface area contributed by atoms with Gasteiger partial charge in [-0.1, -0.05) is 170 Å². The molecule has 0 N–H and O–H groups in total. The van der Waals surface area contributed by atoms with Crippen molar-refractivity contribution in [3.8, 4) is 56.2 Å². The van der Waals surface area contributed by atoms with Crippen LogP contribution < -0.4 is 4.90 Å². The summed E-state index contributed by atoms with van der Waals surface area (Å²) in [6.07, 6.45) is 0. The number of hydrogen-bond donors (Lipinski definition) is 0. The van der Waals surface area contributed by atoms with Crippen LogP contribution in [0.25, 0.3) is 56.2 Å². The van der Waals surface area contributed by atoms with Crippen LogP contribution in [0.2, 0.25) is 0 Å². The minimum atomic E-state index is -0.482. The second-order valence-electron chi connectivity index (χ2n) is 14.5. The molecular formula is C53H35N3. The van der Waals surface area contributed by atoms with E-state index >= 15 is 0 Å². The van der Waals surface area contributed by atoms with Gasteiger partial charge in [0.25, 0.3) is 0 Å². The van der Waals surface area contributed by atoms with Crippen LogP contribution in [0.5, 0.6) is 0 Å². The molecule has 1 aliphatic carbocycles. The second kappa shape index (κ2) is 12.9. The third kappa shape index (κ3) is 4.91. The van der Waals surface area contributed by atoms with Crippen LogP contribution in [-0.2, 0) is 5.41 Å². The number of rotatable bonds is 5. The number of fused-ring (bicyclic) bond motifs is 9. The van der Waals surface area contributed by atoms with E-state index in [0.717, 1.165) is 44.9 Å². The molecule has 1 spiro atoms. The van der Waals surface area contributed by atoms with Crippen LogP contribution in [-0.4, -0.2) is 9.97 Å². The highest BCUT2D eigenvalue weighted by molar-refractivity contribution is 5.96. The van der Waals surface area contributed by atoms with E-state index in [1.165, 1.54) is 44.8 Å². The summed E-state index contributed by atoms with van der Waals surface area (Å²) in [6, 6.07) is 76.2. The first kappa shape index (κ1) is 32.1. The smallest absolute Gasteiger partial charge is 0.160 e. The molecule has 0 amide bonds. The van der Waals surface area contributed by atoms with E-state index in [1.54, 1.807) is 0 Å². The largest absolute Gasteiger partial charge is 0.310 e. The van der Waals surface area contributed by atoms with Gasteiger partial charge in [0, 0.05) is 22.4 Å². The third-order valence-corrected chi connectivity index (χ3v) is 11.5. The first-order valence-corrected chi connectivity index (χ1v) is 19.2. The van der Waals surface area contributed by atoms with Crippen molar-refractivity contribution < 1.29 is 0 Å². The third-order valence-electron chi connectivity index (χ3n) is 11.5. The molecule has 0 unspecified atom stereocenters. The Kier molecular flexibility index (Phi) is 7.39. The molecule has 9 aromatic rings. The molecule has 3 nitrogen and oxygen atoms in total. The van der Waals surface area contributed by atoms with E-state index in [9.17, 15) is 0 Å². The summed E-state index contributed by atoms with van der Waals surface area (Å²) in [5.41, 5.74) is 18.0. The van der Waals surface area contributed by atoms with Gasteiger partial charge in [-0.2, -0.15) is 0 Å². The van der Waals surface area contributed by atoms with Crippen molar-refractivity contribution in [3.05, 3.63) is 235 Å². The highest BCUT2D eigenvalue weighted by Gasteiger charge is 2.51. The predicted molar refractivity (Wildman–Crippen MR) is 229 cm³/mol. The molecule has 8 aromatic carbocycles. The van der Waals surface area contributed by atoms with Gasteiger partial charge in [0.1, 0.15) is 0 Å². The van der Waals surface area contributed by atoms with Gasteiger partial charge in [0.05, 0.1) is 28.2 Å². The molecule has 2 heterocycles. The van der Waals surface area contributed by atoms with E-state index in [1.807, 2.05) is 12.1 Å². The number of hydrogen-bond acceptors (Lipinski definition) is 3. The van der Waals surface area contributed by atoms with E-state index in [4.69, 9.17) is 9.97 Å². The van der Waals surface area contributed by atoms with Crippen LogP contribution in [0.15, 0.2) is 212 Å². The molecule has 11 rings (SSSR count). The van der Waals surface area contributed by atoms with Crippen LogP contribution >= 0.6 is 0 Å². The lowest BCUT2D eigenvalue weighted by Crippen LogP contribution is -2.36. The van der Waals surface area contributed by atoms with E-state index in [0.29, 0.717) is 5.82 Å². The molecule has 262 valence electrons. The van der Waals surface area contributed by atoms with Crippen LogP contribution in [0.3, 0.4) is 0 Å². The maximum atomic E-state index is 5.13. The molecule has 0 saturated carbocycles. The number of anilines is 3. The summed E-state index contributed by atoms with van der Waals surface area (Å²) in [5.74, 6) is 0.705. The number of benzene rings is 8. The van der Waals surface area contributed by atoms with E-state index in [-0.39, 0.29) is 0 Å². The quantitative estimate of drug-likeness (QED) is 0.178. The summed E-state index contributed by atoms with van der Waals surface area (Å²) < 4.78 is 0. The zero-order valence-corrected chi connectivity index (χ0v) is 30.5. The first-order valence-electron chi connectivity index (χ1n) is 19.2. The van der Waals surface area contributed by atoms with Crippen molar-refractivity contribution in [2.75, 3.05) is 4.90 Å². The predicted octanol–water partition coefficient (Wildman–Crippen LogP) is 13.3. The van der Waals surface area contributed by atoms with E-state index in [2.05, 4.69) is 205 Å². The maximum absolute atomic E-state index is 5.13. The highest BCUT2D eigenvalue weighted by atomic mass is 15.2. The summed E-state index contributed by atoms with van der Waals surface area (Å²) in [5, 5.41) is 0. The van der Waals surface area contributed by atoms with Gasteiger partial charge in [-0.25, -0.2) is 9.97 Å². The lowest BCUT2D eigenvalue weighted by atomic mass is 9.64. The molecular weight excluding hydrogens is 679 g/mol. The van der Waals surface area contributed by atoms with Gasteiger partial charge < -0.3 is 4.90 Å². The minimum Gasteiger partial charge on any atom is -0.310 e. The van der Waals surface area contributed by atoms with Crippen LogP contribution in [0, 0.1) is 0 Å². The highest BCUT2D eigenvalue weighted by Crippen LogP contribution is 2.63. The molecule has 0 atom stereocenters. The summed E-state index contributed by atoms with van der Waals surface area (Å²) >= 11 is 0. The fraction of sp³-hybridized carbons (Fsp3) is 0.0189. The zero-order chi connectivity index (χ0) is 37.1. The Balaban J connectivity index is 1.08. The average Bonchev–Trinajstić information content (AvgIpc) is 3.57. The monoisotopic (exact) mass is 713 g/mol. The molecule has 0 fully saturated rings. The Bertz CT molecular complexity index is 2810. The van der Waals surface area contributed by atoms with Crippen LogP contribution in [0.4, 0.5) is 17.1 Å². The number of para-hydroxylation sites is 3. The zero-order valence-electron chi connectivity index (χ0n) is 30.5. The number of nitrogens with zero attached hydrogens (tertiary/aromatic N) is 3. The Morgan fingerprint density at radius 2 is 0.804 bits per heavy atom. The molecule has 1 aliphatic heterocycles. The summed E-state index contributed by atoms with van der Waals surface area (Å²) in [6.45, 7) is 0. The standard InChI is InChI=1S/C53H35N3/c1-4-17-36(18-5-1)48-35-49(37-19-6-2-7-20-37)55-52(54-48)40-22-16-21-38(33-40)39-31-32-45-43(34-39)42-25-10-11-26-44(42)53(45)46-27-12-14-29-50(46)56(41-23-8-3-9-24-41)51-30-15-13-28-47(51)53/h1-35H. The Hall–Kier alpha value is -7.36. The number of aromatic nitrogens is 2. The Morgan fingerprint density at radius 1 is 0.321 bits per heavy atom. The summed E-state index contributed by atoms with van der Waals surface area (Å²) in [4.78, 5) is 12.7. The van der Waals surface area contributed by atoms with Crippen molar-refractivity contribution >= 4 is 17.1 Å². The van der Waals surface area contributed by atoms with E-state index < -0.39 is 5.41 Å². The normalized spacial score (nSPS) is 13.1. The van der Waals surface area contributed by atoms with Gasteiger partial charge in [0.15, 0.2) is 5.82 Å². The first-order chi connectivity index (χ1) is 27.8. The van der Waals surface area contributed by atoms with Crippen LogP contribution in [0.1, 0.15) is 22.3 Å². The van der Waals surface area contributed by atoms with Crippen molar-refractivity contribution in [2.24, 2.45) is 0 Å². The van der Waals surface area contributed by atoms with Gasteiger partial charge in [-0.05, 0) is 87.0 Å². The fourth-order valence-corrected chi connectivity index (χ4v) is 9.07. The van der Waals surface area contributed by atoms with Crippen molar-refractivity contribution in [1.29, 1.82) is 0 Å². The van der Waals surface area contributed by atoms with Crippen molar-refractivity contribution in [1.82, 2.24) is 9.97 Å². The average molecular weight is 714 g/mol. The molecule has 0 saturated heterocycles. The lowest BCUT2D eigenvalue weighted by Gasteiger charge is -2.45. The maximum Gasteiger partial charge on any atom is 0.160 e. The topological polar surface area (TPSA) is 29.0 Å². The van der Waals surface area contributed by atoms with Gasteiger partial charge >= 0.3 is 0 Å². The molecule has 2 aliphatic rings. The minimum absolute atomic E-state index is 0.482. The van der Waals surface area contributed by atoms with Gasteiger partial charge in [-0.3, -0.25) is 0 Å². The van der Waals surface area contributed by atoms with Crippen molar-refractivity contribution in [3.63, 3.8) is 0 Å². The fourth-order valence-electron chi connectivity index (χ4n) is 9.07. The molecule has 0 radical (unpaired) electrons. The molecule has 3 heteroatoms. The Morgan fingerprint density at radius 3 is 1.45 bits per heavy atom. The molecule has 0 bridgehead atoms. The lowest BCUT2D eigenvalue weighted by molar-refractivity contribution is 0.753. The second-order valence-corrected chi connectivity index (χ2v) is 14.5.